The third-order valence-electron chi connectivity index (χ3n) is 3.56. The fourth-order valence-electron chi connectivity index (χ4n) is 2.11. The molecule has 0 spiro atoms. The lowest BCUT2D eigenvalue weighted by Gasteiger charge is -2.15. The SMILES string of the molecule is CCc1ccc(CC(NN)c2cnn(C)c2C)nc1. The van der Waals surface area contributed by atoms with Crippen molar-refractivity contribution in [3.8, 4) is 0 Å². The van der Waals surface area contributed by atoms with Crippen molar-refractivity contribution in [3.63, 3.8) is 0 Å². The number of hydrogen-bond acceptors (Lipinski definition) is 4. The van der Waals surface area contributed by atoms with Gasteiger partial charge < -0.3 is 0 Å². The van der Waals surface area contributed by atoms with Crippen molar-refractivity contribution in [1.82, 2.24) is 20.2 Å². The Morgan fingerprint density at radius 2 is 2.16 bits per heavy atom. The van der Waals surface area contributed by atoms with E-state index in [0.29, 0.717) is 0 Å². The normalized spacial score (nSPS) is 12.6. The predicted molar refractivity (Wildman–Crippen MR) is 75.3 cm³/mol. The topological polar surface area (TPSA) is 68.8 Å². The number of aryl methyl sites for hydroxylation is 2. The molecular formula is C14H21N5. The number of nitrogens with two attached hydrogens (primary N) is 1. The van der Waals surface area contributed by atoms with Gasteiger partial charge in [0.2, 0.25) is 0 Å². The number of hydrogen-bond donors (Lipinski definition) is 2. The van der Waals surface area contributed by atoms with Crippen LogP contribution in [0.1, 0.15) is 35.5 Å². The molecule has 19 heavy (non-hydrogen) atoms. The van der Waals surface area contributed by atoms with Crippen molar-refractivity contribution in [1.29, 1.82) is 0 Å². The van der Waals surface area contributed by atoms with Crippen molar-refractivity contribution < 1.29 is 0 Å². The van der Waals surface area contributed by atoms with Crippen molar-refractivity contribution >= 4 is 0 Å². The van der Waals surface area contributed by atoms with Crippen LogP contribution in [0.15, 0.2) is 24.5 Å². The summed E-state index contributed by atoms with van der Waals surface area (Å²) in [4.78, 5) is 4.48. The molecule has 1 atom stereocenters. The minimum absolute atomic E-state index is 0.0358. The van der Waals surface area contributed by atoms with Crippen LogP contribution in [0.2, 0.25) is 0 Å². The lowest BCUT2D eigenvalue weighted by Crippen LogP contribution is -2.30. The van der Waals surface area contributed by atoms with Gasteiger partial charge in [0.1, 0.15) is 0 Å². The minimum atomic E-state index is 0.0358. The zero-order valence-corrected chi connectivity index (χ0v) is 11.7. The van der Waals surface area contributed by atoms with Crippen LogP contribution in [0.25, 0.3) is 0 Å². The highest BCUT2D eigenvalue weighted by atomic mass is 15.3. The summed E-state index contributed by atoms with van der Waals surface area (Å²) in [5.41, 5.74) is 7.37. The number of pyridine rings is 1. The number of hydrazine groups is 1. The van der Waals surface area contributed by atoms with Gasteiger partial charge >= 0.3 is 0 Å². The predicted octanol–water partition coefficient (Wildman–Crippen LogP) is 1.43. The highest BCUT2D eigenvalue weighted by Gasteiger charge is 2.16. The summed E-state index contributed by atoms with van der Waals surface area (Å²) in [7, 11) is 1.93. The van der Waals surface area contributed by atoms with Crippen LogP contribution in [0.3, 0.4) is 0 Å². The van der Waals surface area contributed by atoms with Gasteiger partial charge in [-0.25, -0.2) is 0 Å². The number of nitrogens with one attached hydrogen (secondary N) is 1. The van der Waals surface area contributed by atoms with E-state index in [2.05, 4.69) is 34.6 Å². The molecule has 0 saturated heterocycles. The molecule has 5 heteroatoms. The average Bonchev–Trinajstić information content (AvgIpc) is 2.77. The summed E-state index contributed by atoms with van der Waals surface area (Å²) in [6.45, 7) is 4.17. The molecule has 2 aromatic heterocycles. The first-order chi connectivity index (χ1) is 9.15. The van der Waals surface area contributed by atoms with Crippen LogP contribution in [0.4, 0.5) is 0 Å². The van der Waals surface area contributed by atoms with Crippen LogP contribution >= 0.6 is 0 Å². The molecule has 0 aromatic carbocycles. The Balaban J connectivity index is 2.16. The van der Waals surface area contributed by atoms with Crippen LogP contribution in [0, 0.1) is 6.92 Å². The van der Waals surface area contributed by atoms with E-state index in [1.165, 1.54) is 5.56 Å². The quantitative estimate of drug-likeness (QED) is 0.629. The minimum Gasteiger partial charge on any atom is -0.273 e. The summed E-state index contributed by atoms with van der Waals surface area (Å²) < 4.78 is 1.85. The molecule has 102 valence electrons. The average molecular weight is 259 g/mol. The molecule has 0 fully saturated rings. The smallest absolute Gasteiger partial charge is 0.0549 e. The van der Waals surface area contributed by atoms with Crippen molar-refractivity contribution in [2.75, 3.05) is 0 Å². The van der Waals surface area contributed by atoms with Crippen LogP contribution in [0.5, 0.6) is 0 Å². The van der Waals surface area contributed by atoms with Crippen LogP contribution < -0.4 is 11.3 Å². The van der Waals surface area contributed by atoms with Gasteiger partial charge in [-0.2, -0.15) is 5.10 Å². The Morgan fingerprint density at radius 1 is 1.37 bits per heavy atom. The van der Waals surface area contributed by atoms with Crippen molar-refractivity contribution in [2.24, 2.45) is 12.9 Å². The van der Waals surface area contributed by atoms with Crippen LogP contribution in [-0.2, 0) is 19.9 Å². The molecule has 0 bridgehead atoms. The summed E-state index contributed by atoms with van der Waals surface area (Å²) >= 11 is 0. The molecule has 0 aliphatic carbocycles. The van der Waals surface area contributed by atoms with E-state index in [1.54, 1.807) is 0 Å². The van der Waals surface area contributed by atoms with Crippen molar-refractivity contribution in [2.45, 2.75) is 32.7 Å². The molecule has 0 saturated carbocycles. The molecule has 3 N–H and O–H groups in total. The van der Waals surface area contributed by atoms with E-state index in [0.717, 1.165) is 29.8 Å². The van der Waals surface area contributed by atoms with Crippen LogP contribution in [-0.4, -0.2) is 14.8 Å². The Kier molecular flexibility index (Phi) is 4.29. The molecule has 2 aromatic rings. The van der Waals surface area contributed by atoms with Gasteiger partial charge in [-0.05, 0) is 25.0 Å². The Hall–Kier alpha value is -1.72. The first-order valence-corrected chi connectivity index (χ1v) is 6.54. The van der Waals surface area contributed by atoms with Gasteiger partial charge in [-0.15, -0.1) is 0 Å². The van der Waals surface area contributed by atoms with E-state index in [1.807, 2.05) is 31.0 Å². The maximum atomic E-state index is 5.67. The molecule has 2 heterocycles. The van der Waals surface area contributed by atoms with Gasteiger partial charge in [0.25, 0.3) is 0 Å². The molecule has 0 amide bonds. The third-order valence-corrected chi connectivity index (χ3v) is 3.56. The van der Waals surface area contributed by atoms with E-state index in [4.69, 9.17) is 5.84 Å². The number of rotatable bonds is 5. The lowest BCUT2D eigenvalue weighted by atomic mass is 10.0. The molecular weight excluding hydrogens is 238 g/mol. The Morgan fingerprint density at radius 3 is 2.63 bits per heavy atom. The molecule has 0 aliphatic heterocycles. The fraction of sp³-hybridized carbons (Fsp3) is 0.429. The number of nitrogens with zero attached hydrogens (tertiary/aromatic N) is 3. The first-order valence-electron chi connectivity index (χ1n) is 6.54. The summed E-state index contributed by atoms with van der Waals surface area (Å²) in [6, 6.07) is 4.22. The van der Waals surface area contributed by atoms with Gasteiger partial charge in [-0.1, -0.05) is 13.0 Å². The van der Waals surface area contributed by atoms with E-state index in [-0.39, 0.29) is 6.04 Å². The highest BCUT2D eigenvalue weighted by molar-refractivity contribution is 5.23. The first kappa shape index (κ1) is 13.7. The summed E-state index contributed by atoms with van der Waals surface area (Å²) in [5.74, 6) is 5.67. The molecule has 1 unspecified atom stereocenters. The summed E-state index contributed by atoms with van der Waals surface area (Å²) in [6.07, 6.45) is 5.56. The second-order valence-electron chi connectivity index (χ2n) is 4.74. The van der Waals surface area contributed by atoms with Gasteiger partial charge in [0, 0.05) is 36.6 Å². The molecule has 5 nitrogen and oxygen atoms in total. The maximum Gasteiger partial charge on any atom is 0.0549 e. The molecule has 2 rings (SSSR count). The maximum absolute atomic E-state index is 5.67. The molecule has 0 aliphatic rings. The Labute approximate surface area is 113 Å². The third kappa shape index (κ3) is 3.00. The monoisotopic (exact) mass is 259 g/mol. The van der Waals surface area contributed by atoms with E-state index < -0.39 is 0 Å². The fourth-order valence-corrected chi connectivity index (χ4v) is 2.11. The standard InChI is InChI=1S/C14H21N5/c1-4-11-5-6-12(16-8-11)7-14(18-15)13-9-17-19(3)10(13)2/h5-6,8-9,14,18H,4,7,15H2,1-3H3. The lowest BCUT2D eigenvalue weighted by molar-refractivity contribution is 0.542. The number of aromatic nitrogens is 3. The second-order valence-corrected chi connectivity index (χ2v) is 4.74. The van der Waals surface area contributed by atoms with Gasteiger partial charge in [-0.3, -0.25) is 20.9 Å². The van der Waals surface area contributed by atoms with Gasteiger partial charge in [0.15, 0.2) is 0 Å². The summed E-state index contributed by atoms with van der Waals surface area (Å²) in [5, 5.41) is 4.25. The van der Waals surface area contributed by atoms with Crippen molar-refractivity contribution in [3.05, 3.63) is 47.0 Å². The largest absolute Gasteiger partial charge is 0.273 e. The zero-order chi connectivity index (χ0) is 13.8. The van der Waals surface area contributed by atoms with E-state index in [9.17, 15) is 0 Å². The zero-order valence-electron chi connectivity index (χ0n) is 11.7. The highest BCUT2D eigenvalue weighted by Crippen LogP contribution is 2.19. The second kappa shape index (κ2) is 5.95. The van der Waals surface area contributed by atoms with E-state index >= 15 is 0 Å². The van der Waals surface area contributed by atoms with Gasteiger partial charge in [0.05, 0.1) is 12.2 Å². The Bertz CT molecular complexity index is 529. The molecule has 0 radical (unpaired) electrons.